The molecule has 6 heteroatoms. The number of non-ortho nitro benzene ring substituents is 1. The van der Waals surface area contributed by atoms with E-state index in [1.54, 1.807) is 12.1 Å². The Morgan fingerprint density at radius 3 is 2.40 bits per heavy atom. The van der Waals surface area contributed by atoms with Crippen LogP contribution in [-0.2, 0) is 11.2 Å². The molecule has 0 saturated heterocycles. The fraction of sp³-hybridized carbons (Fsp3) is 0.222. The van der Waals surface area contributed by atoms with Crippen LogP contribution in [0.25, 0.3) is 0 Å². The van der Waals surface area contributed by atoms with Crippen LogP contribution in [0, 0.1) is 10.1 Å². The number of nitrogens with two attached hydrogens (primary N) is 1. The molecule has 5 nitrogen and oxygen atoms in total. The van der Waals surface area contributed by atoms with Gasteiger partial charge < -0.3 is 5.73 Å². The molecule has 0 aliphatic heterocycles. The maximum Gasteiger partial charge on any atom is 0.269 e. The Hall–Kier alpha value is -1.62. The number of nitro groups is 1. The SMILES string of the molecule is NC(=O)[C@@H](Cl)Cc1ccc([N+](=O)[O-])cc1. The summed E-state index contributed by atoms with van der Waals surface area (Å²) in [5.74, 6) is -0.602. The van der Waals surface area contributed by atoms with Gasteiger partial charge in [-0.3, -0.25) is 14.9 Å². The van der Waals surface area contributed by atoms with Gasteiger partial charge in [0.25, 0.3) is 5.69 Å². The van der Waals surface area contributed by atoms with Crippen molar-refractivity contribution in [1.82, 2.24) is 0 Å². The Morgan fingerprint density at radius 2 is 2.00 bits per heavy atom. The zero-order valence-corrected chi connectivity index (χ0v) is 8.48. The van der Waals surface area contributed by atoms with Gasteiger partial charge in [-0.1, -0.05) is 12.1 Å². The average Bonchev–Trinajstić information content (AvgIpc) is 2.18. The van der Waals surface area contributed by atoms with Gasteiger partial charge >= 0.3 is 0 Å². The minimum atomic E-state index is -0.786. The molecule has 0 fully saturated rings. The van der Waals surface area contributed by atoms with E-state index in [4.69, 9.17) is 17.3 Å². The summed E-state index contributed by atoms with van der Waals surface area (Å²) in [7, 11) is 0. The highest BCUT2D eigenvalue weighted by atomic mass is 35.5. The lowest BCUT2D eigenvalue weighted by atomic mass is 10.1. The highest BCUT2D eigenvalue weighted by molar-refractivity contribution is 6.30. The van der Waals surface area contributed by atoms with Crippen molar-refractivity contribution >= 4 is 23.2 Å². The smallest absolute Gasteiger partial charge is 0.269 e. The molecule has 2 N–H and O–H groups in total. The number of carbonyl (C=O) groups is 1. The number of rotatable bonds is 4. The molecule has 0 saturated carbocycles. The van der Waals surface area contributed by atoms with Gasteiger partial charge in [0.05, 0.1) is 4.92 Å². The van der Waals surface area contributed by atoms with Crippen LogP contribution < -0.4 is 5.73 Å². The van der Waals surface area contributed by atoms with Gasteiger partial charge in [0, 0.05) is 12.1 Å². The van der Waals surface area contributed by atoms with Crippen LogP contribution in [0.3, 0.4) is 0 Å². The number of halogens is 1. The molecular formula is C9H9ClN2O3. The number of amides is 1. The third kappa shape index (κ3) is 3.21. The second-order valence-corrected chi connectivity index (χ2v) is 3.52. The molecular weight excluding hydrogens is 220 g/mol. The predicted octanol–water partition coefficient (Wildman–Crippen LogP) is 1.23. The number of benzene rings is 1. The molecule has 0 radical (unpaired) electrons. The zero-order valence-electron chi connectivity index (χ0n) is 7.72. The van der Waals surface area contributed by atoms with Crippen LogP contribution in [-0.4, -0.2) is 16.2 Å². The average molecular weight is 229 g/mol. The van der Waals surface area contributed by atoms with Crippen LogP contribution in [0.5, 0.6) is 0 Å². The van der Waals surface area contributed by atoms with Crippen molar-refractivity contribution < 1.29 is 9.72 Å². The summed E-state index contributed by atoms with van der Waals surface area (Å²) in [6, 6.07) is 5.83. The highest BCUT2D eigenvalue weighted by Gasteiger charge is 2.12. The summed E-state index contributed by atoms with van der Waals surface area (Å²) in [6.45, 7) is 0. The number of nitro benzene ring substituents is 1. The third-order valence-corrected chi connectivity index (χ3v) is 2.24. The molecule has 15 heavy (non-hydrogen) atoms. The highest BCUT2D eigenvalue weighted by Crippen LogP contribution is 2.14. The summed E-state index contributed by atoms with van der Waals surface area (Å²) in [4.78, 5) is 20.5. The zero-order chi connectivity index (χ0) is 11.4. The lowest BCUT2D eigenvalue weighted by Gasteiger charge is -2.04. The van der Waals surface area contributed by atoms with Gasteiger partial charge in [-0.2, -0.15) is 0 Å². The molecule has 80 valence electrons. The minimum Gasteiger partial charge on any atom is -0.368 e. The molecule has 1 rings (SSSR count). The van der Waals surface area contributed by atoms with Gasteiger partial charge in [-0.25, -0.2) is 0 Å². The van der Waals surface area contributed by atoms with Gasteiger partial charge in [0.2, 0.25) is 5.91 Å². The second-order valence-electron chi connectivity index (χ2n) is 3.00. The molecule has 0 unspecified atom stereocenters. The maximum absolute atomic E-state index is 10.7. The number of hydrogen-bond acceptors (Lipinski definition) is 3. The van der Waals surface area contributed by atoms with Crippen LogP contribution in [0.4, 0.5) is 5.69 Å². The number of primary amides is 1. The van der Waals surface area contributed by atoms with Crippen molar-refractivity contribution in [2.45, 2.75) is 11.8 Å². The fourth-order valence-electron chi connectivity index (χ4n) is 1.06. The van der Waals surface area contributed by atoms with E-state index in [0.717, 1.165) is 5.56 Å². The summed E-state index contributed by atoms with van der Waals surface area (Å²) in [6.07, 6.45) is 0.273. The number of carbonyl (C=O) groups excluding carboxylic acids is 1. The Labute approximate surface area is 91.0 Å². The van der Waals surface area contributed by atoms with Crippen molar-refractivity contribution in [2.24, 2.45) is 5.73 Å². The van der Waals surface area contributed by atoms with E-state index in [2.05, 4.69) is 0 Å². The maximum atomic E-state index is 10.7. The fourth-order valence-corrected chi connectivity index (χ4v) is 1.24. The van der Waals surface area contributed by atoms with Crippen LogP contribution in [0.1, 0.15) is 5.56 Å². The first-order valence-electron chi connectivity index (χ1n) is 4.17. The van der Waals surface area contributed by atoms with E-state index < -0.39 is 16.2 Å². The Morgan fingerprint density at radius 1 is 1.47 bits per heavy atom. The van der Waals surface area contributed by atoms with Gasteiger partial charge in [0.1, 0.15) is 5.38 Å². The van der Waals surface area contributed by atoms with E-state index in [1.165, 1.54) is 12.1 Å². The Balaban J connectivity index is 2.72. The predicted molar refractivity (Wildman–Crippen MR) is 55.6 cm³/mol. The second kappa shape index (κ2) is 4.75. The lowest BCUT2D eigenvalue weighted by Crippen LogP contribution is -2.25. The summed E-state index contributed by atoms with van der Waals surface area (Å²) >= 11 is 5.64. The molecule has 0 aromatic heterocycles. The summed E-state index contributed by atoms with van der Waals surface area (Å²) in [5.41, 5.74) is 5.72. The topological polar surface area (TPSA) is 86.2 Å². The van der Waals surface area contributed by atoms with E-state index in [0.29, 0.717) is 0 Å². The van der Waals surface area contributed by atoms with E-state index >= 15 is 0 Å². The standard InChI is InChI=1S/C9H9ClN2O3/c10-8(9(11)13)5-6-1-3-7(4-2-6)12(14)15/h1-4,8H,5H2,(H2,11,13)/t8-/m0/s1. The summed E-state index contributed by atoms with van der Waals surface area (Å²) < 4.78 is 0. The number of hydrogen-bond donors (Lipinski definition) is 1. The first-order chi connectivity index (χ1) is 7.00. The quantitative estimate of drug-likeness (QED) is 0.478. The van der Waals surface area contributed by atoms with Crippen LogP contribution in [0.15, 0.2) is 24.3 Å². The van der Waals surface area contributed by atoms with Crippen molar-refractivity contribution in [3.05, 3.63) is 39.9 Å². The molecule has 1 aromatic rings. The first-order valence-corrected chi connectivity index (χ1v) is 4.61. The van der Waals surface area contributed by atoms with E-state index in [-0.39, 0.29) is 12.1 Å². The molecule has 0 spiro atoms. The van der Waals surface area contributed by atoms with Crippen LogP contribution in [0.2, 0.25) is 0 Å². The normalized spacial score (nSPS) is 12.1. The molecule has 1 aromatic carbocycles. The van der Waals surface area contributed by atoms with Crippen molar-refractivity contribution in [2.75, 3.05) is 0 Å². The van der Waals surface area contributed by atoms with Crippen molar-refractivity contribution in [3.8, 4) is 0 Å². The summed E-state index contributed by atoms with van der Waals surface area (Å²) in [5, 5.41) is 9.56. The largest absolute Gasteiger partial charge is 0.368 e. The third-order valence-electron chi connectivity index (χ3n) is 1.87. The Bertz CT molecular complexity index is 377. The van der Waals surface area contributed by atoms with E-state index in [9.17, 15) is 14.9 Å². The van der Waals surface area contributed by atoms with Gasteiger partial charge in [-0.15, -0.1) is 11.6 Å². The van der Waals surface area contributed by atoms with Crippen LogP contribution >= 0.6 is 11.6 Å². The Kier molecular flexibility index (Phi) is 3.62. The van der Waals surface area contributed by atoms with Crippen molar-refractivity contribution in [3.63, 3.8) is 0 Å². The molecule has 0 heterocycles. The molecule has 0 aliphatic carbocycles. The monoisotopic (exact) mass is 228 g/mol. The van der Waals surface area contributed by atoms with Gasteiger partial charge in [0.15, 0.2) is 0 Å². The minimum absolute atomic E-state index is 0.00366. The first kappa shape index (κ1) is 11.5. The lowest BCUT2D eigenvalue weighted by molar-refractivity contribution is -0.384. The van der Waals surface area contributed by atoms with Gasteiger partial charge in [-0.05, 0) is 12.0 Å². The molecule has 0 bridgehead atoms. The molecule has 0 aliphatic rings. The van der Waals surface area contributed by atoms with Crippen molar-refractivity contribution in [1.29, 1.82) is 0 Å². The molecule has 1 atom stereocenters. The van der Waals surface area contributed by atoms with E-state index in [1.807, 2.05) is 0 Å². The molecule has 1 amide bonds. The number of alkyl halides is 1. The number of nitrogens with zero attached hydrogens (tertiary/aromatic N) is 1.